The first-order chi connectivity index (χ1) is 7.78. The Morgan fingerprint density at radius 2 is 1.88 bits per heavy atom. The zero-order valence-corrected chi connectivity index (χ0v) is 10.8. The van der Waals surface area contributed by atoms with Crippen molar-refractivity contribution in [3.8, 4) is 0 Å². The van der Waals surface area contributed by atoms with Crippen LogP contribution < -0.4 is 5.32 Å². The van der Waals surface area contributed by atoms with Gasteiger partial charge in [0.2, 0.25) is 0 Å². The second-order valence-corrected chi connectivity index (χ2v) is 6.84. The summed E-state index contributed by atoms with van der Waals surface area (Å²) in [5, 5.41) is 3.92. The van der Waals surface area contributed by atoms with E-state index < -0.39 is 0 Å². The van der Waals surface area contributed by atoms with Gasteiger partial charge < -0.3 is 5.32 Å². The van der Waals surface area contributed by atoms with E-state index in [0.717, 1.165) is 23.3 Å². The molecule has 3 rings (SSSR count). The summed E-state index contributed by atoms with van der Waals surface area (Å²) in [6, 6.07) is 0.847. The van der Waals surface area contributed by atoms with E-state index in [1.165, 1.54) is 64.3 Å². The minimum Gasteiger partial charge on any atom is -0.313 e. The summed E-state index contributed by atoms with van der Waals surface area (Å²) in [6.07, 6.45) is 13.4. The second-order valence-electron chi connectivity index (χ2n) is 6.84. The van der Waals surface area contributed by atoms with Crippen LogP contribution in [0.25, 0.3) is 0 Å². The van der Waals surface area contributed by atoms with Crippen LogP contribution in [0.4, 0.5) is 0 Å². The summed E-state index contributed by atoms with van der Waals surface area (Å²) in [6.45, 7) is 3.77. The zero-order valence-electron chi connectivity index (χ0n) is 10.8. The summed E-state index contributed by atoms with van der Waals surface area (Å²) in [7, 11) is 0. The van der Waals surface area contributed by atoms with Gasteiger partial charge in [0.25, 0.3) is 0 Å². The molecule has 16 heavy (non-hydrogen) atoms. The molecule has 0 bridgehead atoms. The minimum atomic E-state index is 0.765. The summed E-state index contributed by atoms with van der Waals surface area (Å²) < 4.78 is 0. The molecule has 0 spiro atoms. The first-order valence-electron chi connectivity index (χ1n) is 7.52. The number of rotatable bonds is 4. The first kappa shape index (κ1) is 11.1. The molecule has 92 valence electrons. The van der Waals surface area contributed by atoms with Crippen molar-refractivity contribution >= 4 is 0 Å². The van der Waals surface area contributed by atoms with E-state index in [0.29, 0.717) is 0 Å². The Labute approximate surface area is 100 Å². The molecular formula is C15H27N. The number of hydrogen-bond acceptors (Lipinski definition) is 1. The van der Waals surface area contributed by atoms with Crippen LogP contribution in [-0.4, -0.2) is 12.6 Å². The van der Waals surface area contributed by atoms with Gasteiger partial charge in [-0.1, -0.05) is 26.2 Å². The lowest BCUT2D eigenvalue weighted by molar-refractivity contribution is 0.0900. The quantitative estimate of drug-likeness (QED) is 0.762. The van der Waals surface area contributed by atoms with Crippen LogP contribution in [0.5, 0.6) is 0 Å². The van der Waals surface area contributed by atoms with E-state index in [1.807, 2.05) is 0 Å². The fourth-order valence-corrected chi connectivity index (χ4v) is 4.02. The van der Waals surface area contributed by atoms with Gasteiger partial charge in [-0.25, -0.2) is 0 Å². The summed E-state index contributed by atoms with van der Waals surface area (Å²) in [4.78, 5) is 0. The second kappa shape index (κ2) is 4.33. The topological polar surface area (TPSA) is 12.0 Å². The van der Waals surface area contributed by atoms with Crippen LogP contribution in [0, 0.1) is 17.3 Å². The van der Waals surface area contributed by atoms with E-state index in [9.17, 15) is 0 Å². The van der Waals surface area contributed by atoms with Crippen molar-refractivity contribution in [1.29, 1.82) is 0 Å². The van der Waals surface area contributed by atoms with Crippen LogP contribution in [0.3, 0.4) is 0 Å². The Balaban J connectivity index is 1.47. The molecule has 0 saturated heterocycles. The van der Waals surface area contributed by atoms with Crippen molar-refractivity contribution in [2.24, 2.45) is 17.3 Å². The molecule has 1 heteroatoms. The van der Waals surface area contributed by atoms with Gasteiger partial charge in [-0.15, -0.1) is 0 Å². The summed E-state index contributed by atoms with van der Waals surface area (Å²) >= 11 is 0. The van der Waals surface area contributed by atoms with Crippen molar-refractivity contribution < 1.29 is 0 Å². The predicted octanol–water partition coefficient (Wildman–Crippen LogP) is 3.74. The Hall–Kier alpha value is -0.0400. The van der Waals surface area contributed by atoms with Crippen molar-refractivity contribution in [2.75, 3.05) is 6.54 Å². The molecular weight excluding hydrogens is 194 g/mol. The van der Waals surface area contributed by atoms with Crippen molar-refractivity contribution in [2.45, 2.75) is 70.8 Å². The average Bonchev–Trinajstić information content (AvgIpc) is 3.00. The molecule has 1 nitrogen and oxygen atoms in total. The third-order valence-electron chi connectivity index (χ3n) is 5.47. The highest BCUT2D eigenvalue weighted by Crippen LogP contribution is 2.56. The highest BCUT2D eigenvalue weighted by Gasteiger charge is 2.48. The normalized spacial score (nSPS) is 38.1. The standard InChI is InChI=1S/C15H27N/c1-12-4-2-5-14(10-12)16-11-15(8-3-9-15)13-6-7-13/h12-14,16H,2-11H2,1H3. The van der Waals surface area contributed by atoms with Crippen LogP contribution in [0.15, 0.2) is 0 Å². The molecule has 1 N–H and O–H groups in total. The maximum atomic E-state index is 3.92. The van der Waals surface area contributed by atoms with Crippen LogP contribution in [0.2, 0.25) is 0 Å². The van der Waals surface area contributed by atoms with E-state index in [2.05, 4.69) is 12.2 Å². The largest absolute Gasteiger partial charge is 0.313 e. The lowest BCUT2D eigenvalue weighted by atomic mass is 9.65. The van der Waals surface area contributed by atoms with E-state index >= 15 is 0 Å². The summed E-state index contributed by atoms with van der Waals surface area (Å²) in [5.41, 5.74) is 0.765. The van der Waals surface area contributed by atoms with Crippen LogP contribution in [-0.2, 0) is 0 Å². The van der Waals surface area contributed by atoms with Crippen molar-refractivity contribution in [1.82, 2.24) is 5.32 Å². The molecule has 0 aromatic carbocycles. The van der Waals surface area contributed by atoms with Gasteiger partial charge >= 0.3 is 0 Å². The van der Waals surface area contributed by atoms with Gasteiger partial charge in [0.15, 0.2) is 0 Å². The SMILES string of the molecule is CC1CCCC(NCC2(C3CC3)CCC2)C1. The predicted molar refractivity (Wildman–Crippen MR) is 68.4 cm³/mol. The molecule has 0 amide bonds. The average molecular weight is 221 g/mol. The number of nitrogens with one attached hydrogen (secondary N) is 1. The smallest absolute Gasteiger partial charge is 0.00698 e. The third kappa shape index (κ3) is 2.16. The molecule has 0 radical (unpaired) electrons. The molecule has 2 unspecified atom stereocenters. The molecule has 3 saturated carbocycles. The monoisotopic (exact) mass is 221 g/mol. The molecule has 3 aliphatic carbocycles. The zero-order chi connectivity index (χ0) is 11.0. The van der Waals surface area contributed by atoms with Crippen LogP contribution in [0.1, 0.15) is 64.7 Å². The molecule has 3 aliphatic rings. The Morgan fingerprint density at radius 1 is 1.06 bits per heavy atom. The lowest BCUT2D eigenvalue weighted by Crippen LogP contribution is -2.46. The van der Waals surface area contributed by atoms with E-state index in [1.54, 1.807) is 0 Å². The van der Waals surface area contributed by atoms with Crippen molar-refractivity contribution in [3.05, 3.63) is 0 Å². The fraction of sp³-hybridized carbons (Fsp3) is 1.00. The van der Waals surface area contributed by atoms with E-state index in [4.69, 9.17) is 0 Å². The molecule has 0 aromatic heterocycles. The van der Waals surface area contributed by atoms with E-state index in [-0.39, 0.29) is 0 Å². The van der Waals surface area contributed by atoms with Gasteiger partial charge in [0.1, 0.15) is 0 Å². The fourth-order valence-electron chi connectivity index (χ4n) is 4.02. The minimum absolute atomic E-state index is 0.765. The molecule has 0 aromatic rings. The van der Waals surface area contributed by atoms with Gasteiger partial charge in [-0.2, -0.15) is 0 Å². The number of hydrogen-bond donors (Lipinski definition) is 1. The highest BCUT2D eigenvalue weighted by molar-refractivity contribution is 5.01. The van der Waals surface area contributed by atoms with Crippen molar-refractivity contribution in [3.63, 3.8) is 0 Å². The Kier molecular flexibility index (Phi) is 2.99. The maximum Gasteiger partial charge on any atom is 0.00698 e. The third-order valence-corrected chi connectivity index (χ3v) is 5.47. The molecule has 3 fully saturated rings. The highest BCUT2D eigenvalue weighted by atomic mass is 14.9. The summed E-state index contributed by atoms with van der Waals surface area (Å²) in [5.74, 6) is 2.07. The lowest BCUT2D eigenvalue weighted by Gasteiger charge is -2.44. The van der Waals surface area contributed by atoms with Gasteiger partial charge in [0, 0.05) is 12.6 Å². The Morgan fingerprint density at radius 3 is 2.44 bits per heavy atom. The maximum absolute atomic E-state index is 3.92. The molecule has 0 aliphatic heterocycles. The molecule has 2 atom stereocenters. The van der Waals surface area contributed by atoms with Gasteiger partial charge in [-0.05, 0) is 55.8 Å². The Bertz CT molecular complexity index is 240. The molecule has 0 heterocycles. The van der Waals surface area contributed by atoms with Gasteiger partial charge in [0.05, 0.1) is 0 Å². The van der Waals surface area contributed by atoms with Crippen LogP contribution >= 0.6 is 0 Å². The van der Waals surface area contributed by atoms with Gasteiger partial charge in [-0.3, -0.25) is 0 Å². The first-order valence-corrected chi connectivity index (χ1v) is 7.52.